The standard InChI is InChI=1S/C9H18N4S/c1-4-5-7(2)14-9-12-11-8(6-10)13(9)3/h7H,4-6,10H2,1-3H3. The van der Waals surface area contributed by atoms with Crippen molar-refractivity contribution in [1.29, 1.82) is 0 Å². The molecule has 80 valence electrons. The van der Waals surface area contributed by atoms with E-state index >= 15 is 0 Å². The quantitative estimate of drug-likeness (QED) is 0.756. The Labute approximate surface area is 89.3 Å². The number of rotatable bonds is 5. The number of nitrogens with zero attached hydrogens (tertiary/aromatic N) is 3. The summed E-state index contributed by atoms with van der Waals surface area (Å²) in [4.78, 5) is 0. The summed E-state index contributed by atoms with van der Waals surface area (Å²) in [7, 11) is 1.96. The number of hydrogen-bond acceptors (Lipinski definition) is 4. The summed E-state index contributed by atoms with van der Waals surface area (Å²) in [5, 5.41) is 9.67. The predicted octanol–water partition coefficient (Wildman–Crippen LogP) is 1.55. The van der Waals surface area contributed by atoms with Crippen LogP contribution in [-0.2, 0) is 13.6 Å². The van der Waals surface area contributed by atoms with Gasteiger partial charge >= 0.3 is 0 Å². The molecule has 4 nitrogen and oxygen atoms in total. The average Bonchev–Trinajstić information content (AvgIpc) is 2.48. The highest BCUT2D eigenvalue weighted by Crippen LogP contribution is 2.23. The van der Waals surface area contributed by atoms with Crippen LogP contribution in [0.4, 0.5) is 0 Å². The van der Waals surface area contributed by atoms with Gasteiger partial charge in [-0.3, -0.25) is 0 Å². The molecule has 0 aliphatic heterocycles. The molecule has 14 heavy (non-hydrogen) atoms. The zero-order chi connectivity index (χ0) is 10.6. The molecule has 2 N–H and O–H groups in total. The van der Waals surface area contributed by atoms with E-state index < -0.39 is 0 Å². The van der Waals surface area contributed by atoms with Crippen molar-refractivity contribution in [3.05, 3.63) is 5.82 Å². The first kappa shape index (κ1) is 11.5. The lowest BCUT2D eigenvalue weighted by Crippen LogP contribution is -2.06. The second-order valence-corrected chi connectivity index (χ2v) is 4.78. The number of nitrogens with two attached hydrogens (primary N) is 1. The fraction of sp³-hybridized carbons (Fsp3) is 0.778. The van der Waals surface area contributed by atoms with Crippen molar-refractivity contribution >= 4 is 11.8 Å². The van der Waals surface area contributed by atoms with Crippen LogP contribution in [0.3, 0.4) is 0 Å². The lowest BCUT2D eigenvalue weighted by atomic mass is 10.3. The van der Waals surface area contributed by atoms with Gasteiger partial charge in [-0.2, -0.15) is 0 Å². The molecule has 1 atom stereocenters. The molecule has 5 heteroatoms. The first-order valence-corrected chi connectivity index (χ1v) is 5.82. The first-order chi connectivity index (χ1) is 6.69. The molecule has 0 aromatic carbocycles. The molecule has 1 rings (SSSR count). The van der Waals surface area contributed by atoms with E-state index in [0.717, 1.165) is 11.0 Å². The van der Waals surface area contributed by atoms with Crippen LogP contribution in [0.25, 0.3) is 0 Å². The van der Waals surface area contributed by atoms with Gasteiger partial charge in [0.2, 0.25) is 0 Å². The Kier molecular flexibility index (Phi) is 4.41. The fourth-order valence-electron chi connectivity index (χ4n) is 1.27. The highest BCUT2D eigenvalue weighted by atomic mass is 32.2. The van der Waals surface area contributed by atoms with Crippen LogP contribution in [0.5, 0.6) is 0 Å². The normalized spacial score (nSPS) is 13.1. The number of aromatic nitrogens is 3. The van der Waals surface area contributed by atoms with Crippen molar-refractivity contribution in [2.24, 2.45) is 12.8 Å². The molecular weight excluding hydrogens is 196 g/mol. The summed E-state index contributed by atoms with van der Waals surface area (Å²) in [5.41, 5.74) is 5.52. The lowest BCUT2D eigenvalue weighted by molar-refractivity contribution is 0.725. The molecule has 1 unspecified atom stereocenters. The topological polar surface area (TPSA) is 56.7 Å². The highest BCUT2D eigenvalue weighted by molar-refractivity contribution is 7.99. The molecule has 0 amide bonds. The lowest BCUT2D eigenvalue weighted by Gasteiger charge is -2.08. The zero-order valence-corrected chi connectivity index (χ0v) is 9.84. The predicted molar refractivity (Wildman–Crippen MR) is 59.1 cm³/mol. The van der Waals surface area contributed by atoms with Gasteiger partial charge in [0, 0.05) is 12.3 Å². The third-order valence-corrected chi connectivity index (χ3v) is 3.31. The van der Waals surface area contributed by atoms with Crippen LogP contribution in [0.2, 0.25) is 0 Å². The Bertz CT molecular complexity index is 284. The molecule has 0 aliphatic rings. The summed E-state index contributed by atoms with van der Waals surface area (Å²) in [6.07, 6.45) is 2.41. The minimum absolute atomic E-state index is 0.451. The average molecular weight is 214 g/mol. The van der Waals surface area contributed by atoms with Crippen molar-refractivity contribution in [3.8, 4) is 0 Å². The van der Waals surface area contributed by atoms with Gasteiger partial charge in [-0.05, 0) is 6.42 Å². The molecule has 0 saturated carbocycles. The molecule has 0 aliphatic carbocycles. The summed E-state index contributed by atoms with van der Waals surface area (Å²) in [5.74, 6) is 0.844. The molecule has 0 radical (unpaired) electrons. The van der Waals surface area contributed by atoms with E-state index in [0.29, 0.717) is 11.8 Å². The largest absolute Gasteiger partial charge is 0.324 e. The molecule has 1 heterocycles. The Balaban J connectivity index is 2.62. The summed E-state index contributed by atoms with van der Waals surface area (Å²) >= 11 is 1.76. The molecular formula is C9H18N4S. The van der Waals surface area contributed by atoms with Crippen LogP contribution in [0, 0.1) is 0 Å². The maximum Gasteiger partial charge on any atom is 0.191 e. The third kappa shape index (κ3) is 2.72. The molecule has 0 spiro atoms. The SMILES string of the molecule is CCCC(C)Sc1nnc(CN)n1C. The van der Waals surface area contributed by atoms with Gasteiger partial charge in [-0.15, -0.1) is 10.2 Å². The Morgan fingerprint density at radius 1 is 1.50 bits per heavy atom. The van der Waals surface area contributed by atoms with Crippen molar-refractivity contribution < 1.29 is 0 Å². The fourth-order valence-corrected chi connectivity index (χ4v) is 2.34. The second kappa shape index (κ2) is 5.36. The Hall–Kier alpha value is -0.550. The van der Waals surface area contributed by atoms with E-state index in [1.807, 2.05) is 11.6 Å². The Morgan fingerprint density at radius 2 is 2.21 bits per heavy atom. The third-order valence-electron chi connectivity index (χ3n) is 2.11. The van der Waals surface area contributed by atoms with E-state index in [1.165, 1.54) is 12.8 Å². The highest BCUT2D eigenvalue weighted by Gasteiger charge is 2.11. The summed E-state index contributed by atoms with van der Waals surface area (Å²) in [6.45, 7) is 4.86. The maximum atomic E-state index is 5.52. The monoisotopic (exact) mass is 214 g/mol. The second-order valence-electron chi connectivity index (χ2n) is 3.38. The van der Waals surface area contributed by atoms with Crippen molar-refractivity contribution in [1.82, 2.24) is 14.8 Å². The van der Waals surface area contributed by atoms with Gasteiger partial charge in [-0.1, -0.05) is 32.0 Å². The van der Waals surface area contributed by atoms with E-state index in [1.54, 1.807) is 11.8 Å². The van der Waals surface area contributed by atoms with Crippen molar-refractivity contribution in [2.75, 3.05) is 0 Å². The number of hydrogen-bond donors (Lipinski definition) is 1. The van der Waals surface area contributed by atoms with Gasteiger partial charge < -0.3 is 10.3 Å². The van der Waals surface area contributed by atoms with Crippen molar-refractivity contribution in [2.45, 2.75) is 43.6 Å². The van der Waals surface area contributed by atoms with Gasteiger partial charge in [0.15, 0.2) is 5.16 Å². The molecule has 1 aromatic rings. The summed E-state index contributed by atoms with van der Waals surface area (Å²) < 4.78 is 1.97. The van der Waals surface area contributed by atoms with Crippen LogP contribution in [0.1, 0.15) is 32.5 Å². The number of thioether (sulfide) groups is 1. The van der Waals surface area contributed by atoms with Crippen LogP contribution in [-0.4, -0.2) is 20.0 Å². The molecule has 0 bridgehead atoms. The van der Waals surface area contributed by atoms with E-state index in [2.05, 4.69) is 24.0 Å². The molecule has 1 aromatic heterocycles. The van der Waals surface area contributed by atoms with Crippen LogP contribution >= 0.6 is 11.8 Å². The minimum atomic E-state index is 0.451. The van der Waals surface area contributed by atoms with Crippen LogP contribution in [0.15, 0.2) is 5.16 Å². The minimum Gasteiger partial charge on any atom is -0.324 e. The zero-order valence-electron chi connectivity index (χ0n) is 9.03. The van der Waals surface area contributed by atoms with Gasteiger partial charge in [0.25, 0.3) is 0 Å². The van der Waals surface area contributed by atoms with E-state index in [9.17, 15) is 0 Å². The smallest absolute Gasteiger partial charge is 0.191 e. The van der Waals surface area contributed by atoms with E-state index in [-0.39, 0.29) is 0 Å². The Morgan fingerprint density at radius 3 is 2.71 bits per heavy atom. The van der Waals surface area contributed by atoms with Crippen LogP contribution < -0.4 is 5.73 Å². The first-order valence-electron chi connectivity index (χ1n) is 4.94. The van der Waals surface area contributed by atoms with Gasteiger partial charge in [0.05, 0.1) is 6.54 Å². The molecule has 0 saturated heterocycles. The summed E-state index contributed by atoms with van der Waals surface area (Å²) in [6, 6.07) is 0. The van der Waals surface area contributed by atoms with Crippen molar-refractivity contribution in [3.63, 3.8) is 0 Å². The molecule has 0 fully saturated rings. The maximum absolute atomic E-state index is 5.52. The van der Waals surface area contributed by atoms with Gasteiger partial charge in [0.1, 0.15) is 5.82 Å². The van der Waals surface area contributed by atoms with E-state index in [4.69, 9.17) is 5.73 Å². The van der Waals surface area contributed by atoms with Gasteiger partial charge in [-0.25, -0.2) is 0 Å².